The second kappa shape index (κ2) is 4.84. The first-order chi connectivity index (χ1) is 9.58. The summed E-state index contributed by atoms with van der Waals surface area (Å²) in [6, 6.07) is 2.15. The lowest BCUT2D eigenvalue weighted by Gasteiger charge is -2.45. The number of Topliss-reactive ketones (excluding diaryl/α,β-unsaturated/α-hetero) is 2. The smallest absolute Gasteiger partial charge is 0.158 e. The maximum Gasteiger partial charge on any atom is 0.158 e. The van der Waals surface area contributed by atoms with Crippen molar-refractivity contribution in [2.24, 2.45) is 17.3 Å². The number of allylic oxidation sites excluding steroid dienone is 2. The molecule has 0 aromatic heterocycles. The van der Waals surface area contributed by atoms with Crippen molar-refractivity contribution in [2.75, 3.05) is 0 Å². The third-order valence-electron chi connectivity index (χ3n) is 5.88. The van der Waals surface area contributed by atoms with E-state index in [9.17, 15) is 9.59 Å². The van der Waals surface area contributed by atoms with Gasteiger partial charge in [0.05, 0.1) is 6.07 Å². The van der Waals surface area contributed by atoms with E-state index in [-0.39, 0.29) is 11.2 Å². The molecule has 1 unspecified atom stereocenters. The molecule has 0 radical (unpaired) electrons. The summed E-state index contributed by atoms with van der Waals surface area (Å²) >= 11 is 0. The molecule has 106 valence electrons. The second-order valence-electron chi connectivity index (χ2n) is 6.72. The van der Waals surface area contributed by atoms with Crippen LogP contribution in [-0.2, 0) is 9.59 Å². The molecule has 0 aliphatic heterocycles. The fraction of sp³-hybridized carbons (Fsp3) is 0.706. The molecule has 3 aliphatic rings. The van der Waals surface area contributed by atoms with Gasteiger partial charge in [-0.1, -0.05) is 12.5 Å². The maximum atomic E-state index is 12.2. The molecule has 0 aromatic carbocycles. The minimum atomic E-state index is -0.144. The molecule has 20 heavy (non-hydrogen) atoms. The van der Waals surface area contributed by atoms with E-state index in [1.54, 1.807) is 0 Å². The summed E-state index contributed by atoms with van der Waals surface area (Å²) in [6.45, 7) is 2.13. The van der Waals surface area contributed by atoms with E-state index in [1.165, 1.54) is 5.57 Å². The topological polar surface area (TPSA) is 57.9 Å². The molecule has 0 N–H and O–H groups in total. The predicted octanol–water partition coefficient (Wildman–Crippen LogP) is 3.35. The van der Waals surface area contributed by atoms with Gasteiger partial charge < -0.3 is 0 Å². The molecular formula is C17H21NO2. The summed E-state index contributed by atoms with van der Waals surface area (Å²) in [4.78, 5) is 24.4. The van der Waals surface area contributed by atoms with Crippen LogP contribution >= 0.6 is 0 Å². The van der Waals surface area contributed by atoms with Crippen LogP contribution in [0.3, 0.4) is 0 Å². The van der Waals surface area contributed by atoms with Crippen molar-refractivity contribution in [2.45, 2.75) is 58.3 Å². The summed E-state index contributed by atoms with van der Waals surface area (Å²) in [5.74, 6) is 1.53. The van der Waals surface area contributed by atoms with E-state index in [2.05, 4.69) is 13.0 Å². The lowest BCUT2D eigenvalue weighted by Crippen LogP contribution is -2.40. The molecule has 0 amide bonds. The molecule has 3 nitrogen and oxygen atoms in total. The minimum absolute atomic E-state index is 0.144. The van der Waals surface area contributed by atoms with Gasteiger partial charge in [0.25, 0.3) is 0 Å². The van der Waals surface area contributed by atoms with Crippen molar-refractivity contribution in [1.29, 1.82) is 5.26 Å². The lowest BCUT2D eigenvalue weighted by atomic mass is 9.58. The predicted molar refractivity (Wildman–Crippen MR) is 74.7 cm³/mol. The van der Waals surface area contributed by atoms with Crippen LogP contribution in [0, 0.1) is 28.6 Å². The zero-order valence-corrected chi connectivity index (χ0v) is 12.1. The number of carbonyl (C=O) groups is 2. The molecule has 3 aliphatic carbocycles. The summed E-state index contributed by atoms with van der Waals surface area (Å²) in [5, 5.41) is 8.78. The molecule has 2 fully saturated rings. The fourth-order valence-corrected chi connectivity index (χ4v) is 4.74. The van der Waals surface area contributed by atoms with Crippen molar-refractivity contribution in [3.63, 3.8) is 0 Å². The summed E-state index contributed by atoms with van der Waals surface area (Å²) in [7, 11) is 0. The average molecular weight is 271 g/mol. The highest BCUT2D eigenvalue weighted by atomic mass is 16.1. The number of fused-ring (bicyclic) bond motifs is 3. The molecule has 3 atom stereocenters. The van der Waals surface area contributed by atoms with Crippen molar-refractivity contribution < 1.29 is 9.59 Å². The van der Waals surface area contributed by atoms with Gasteiger partial charge in [0.15, 0.2) is 5.78 Å². The quantitative estimate of drug-likeness (QED) is 0.774. The van der Waals surface area contributed by atoms with E-state index in [0.717, 1.165) is 31.3 Å². The Balaban J connectivity index is 1.95. The van der Waals surface area contributed by atoms with E-state index in [4.69, 9.17) is 5.26 Å². The first-order valence-electron chi connectivity index (χ1n) is 7.73. The molecule has 0 aromatic rings. The number of nitrogens with zero attached hydrogens (tertiary/aromatic N) is 1. The van der Waals surface area contributed by atoms with Gasteiger partial charge in [-0.2, -0.15) is 5.26 Å². The largest absolute Gasteiger partial charge is 0.299 e. The molecule has 0 spiro atoms. The van der Waals surface area contributed by atoms with Crippen LogP contribution in [0.5, 0.6) is 0 Å². The van der Waals surface area contributed by atoms with Gasteiger partial charge >= 0.3 is 0 Å². The molecular weight excluding hydrogens is 250 g/mol. The Morgan fingerprint density at radius 2 is 2.05 bits per heavy atom. The number of rotatable bonds is 2. The Labute approximate surface area is 120 Å². The van der Waals surface area contributed by atoms with E-state index >= 15 is 0 Å². The Morgan fingerprint density at radius 1 is 1.25 bits per heavy atom. The maximum absolute atomic E-state index is 12.2. The van der Waals surface area contributed by atoms with Crippen molar-refractivity contribution >= 4 is 11.6 Å². The Kier molecular flexibility index (Phi) is 3.28. The zero-order valence-electron chi connectivity index (χ0n) is 12.1. The van der Waals surface area contributed by atoms with Crippen molar-refractivity contribution in [1.82, 2.24) is 0 Å². The van der Waals surface area contributed by atoms with Gasteiger partial charge in [-0.05, 0) is 49.5 Å². The summed E-state index contributed by atoms with van der Waals surface area (Å²) < 4.78 is 0. The Bertz CT molecular complexity index is 540. The minimum Gasteiger partial charge on any atom is -0.299 e. The molecule has 3 rings (SSSR count). The lowest BCUT2D eigenvalue weighted by molar-refractivity contribution is -0.128. The van der Waals surface area contributed by atoms with Gasteiger partial charge in [-0.3, -0.25) is 9.59 Å². The van der Waals surface area contributed by atoms with Crippen LogP contribution in [0.4, 0.5) is 0 Å². The van der Waals surface area contributed by atoms with Crippen LogP contribution in [0.25, 0.3) is 0 Å². The first kappa shape index (κ1) is 13.5. The van der Waals surface area contributed by atoms with E-state index in [1.807, 2.05) is 0 Å². The Hall–Kier alpha value is -1.43. The van der Waals surface area contributed by atoms with E-state index in [0.29, 0.717) is 43.3 Å². The summed E-state index contributed by atoms with van der Waals surface area (Å²) in [5.41, 5.74) is 2.09. The highest BCUT2D eigenvalue weighted by Crippen LogP contribution is 2.57. The third kappa shape index (κ3) is 1.85. The van der Waals surface area contributed by atoms with Crippen molar-refractivity contribution in [3.05, 3.63) is 11.1 Å². The number of nitriles is 1. The summed E-state index contributed by atoms with van der Waals surface area (Å²) in [6.07, 6.45) is 6.04. The average Bonchev–Trinajstić information content (AvgIpc) is 2.74. The van der Waals surface area contributed by atoms with Crippen LogP contribution < -0.4 is 0 Å². The van der Waals surface area contributed by atoms with Gasteiger partial charge in [-0.15, -0.1) is 0 Å². The van der Waals surface area contributed by atoms with Gasteiger partial charge in [0.2, 0.25) is 0 Å². The van der Waals surface area contributed by atoms with Crippen LogP contribution in [0.15, 0.2) is 11.1 Å². The molecule has 0 bridgehead atoms. The monoisotopic (exact) mass is 271 g/mol. The number of carbonyl (C=O) groups excluding carboxylic acids is 2. The number of hydrogen-bond acceptors (Lipinski definition) is 3. The highest BCUT2D eigenvalue weighted by Gasteiger charge is 2.53. The van der Waals surface area contributed by atoms with Crippen LogP contribution in [0.2, 0.25) is 0 Å². The van der Waals surface area contributed by atoms with E-state index < -0.39 is 0 Å². The Morgan fingerprint density at radius 3 is 2.80 bits per heavy atom. The van der Waals surface area contributed by atoms with Crippen LogP contribution in [0.1, 0.15) is 58.3 Å². The SMILES string of the molecule is C[C@]12CCC3=C(CCC#N)C(=O)CCC3[C@@H]1CCC2=O. The number of hydrogen-bond donors (Lipinski definition) is 0. The normalized spacial score (nSPS) is 36.6. The second-order valence-corrected chi connectivity index (χ2v) is 6.72. The van der Waals surface area contributed by atoms with Crippen molar-refractivity contribution in [3.8, 4) is 6.07 Å². The zero-order chi connectivity index (χ0) is 14.3. The highest BCUT2D eigenvalue weighted by molar-refractivity contribution is 5.97. The van der Waals surface area contributed by atoms with Gasteiger partial charge in [0.1, 0.15) is 5.78 Å². The number of ketones is 2. The molecule has 2 saturated carbocycles. The fourth-order valence-electron chi connectivity index (χ4n) is 4.74. The molecule has 3 heteroatoms. The van der Waals surface area contributed by atoms with Crippen LogP contribution in [-0.4, -0.2) is 11.6 Å². The van der Waals surface area contributed by atoms with Gasteiger partial charge in [-0.25, -0.2) is 0 Å². The molecule has 0 saturated heterocycles. The third-order valence-corrected chi connectivity index (χ3v) is 5.88. The van der Waals surface area contributed by atoms with Gasteiger partial charge in [0, 0.05) is 24.7 Å². The molecule has 0 heterocycles. The first-order valence-corrected chi connectivity index (χ1v) is 7.73. The standard InChI is InChI=1S/C17H21NO2/c1-17-9-8-11-12(14(17)5-7-16(17)20)4-6-15(19)13(11)3-2-10-18/h12,14H,2-9H2,1H3/t12?,14-,17-/m0/s1.